The molecule has 154 valence electrons. The first kappa shape index (κ1) is 21.7. The lowest BCUT2D eigenvalue weighted by Gasteiger charge is -2.10. The zero-order valence-corrected chi connectivity index (χ0v) is 17.0. The van der Waals surface area contributed by atoms with Crippen molar-refractivity contribution in [3.05, 3.63) is 53.6 Å². The minimum atomic E-state index is -0.363. The van der Waals surface area contributed by atoms with Crippen LogP contribution in [0.25, 0.3) is 0 Å². The van der Waals surface area contributed by atoms with Crippen LogP contribution in [-0.2, 0) is 9.63 Å². The normalized spacial score (nSPS) is 10.5. The molecule has 0 radical (unpaired) electrons. The summed E-state index contributed by atoms with van der Waals surface area (Å²) >= 11 is 0. The highest BCUT2D eigenvalue weighted by atomic mass is 16.6. The minimum absolute atomic E-state index is 0.105. The second-order valence-electron chi connectivity index (χ2n) is 6.18. The number of rotatable bonds is 9. The van der Waals surface area contributed by atoms with Crippen molar-refractivity contribution in [2.45, 2.75) is 6.92 Å². The molecule has 8 heteroatoms. The number of nitrogens with one attached hydrogen (secondary N) is 1. The predicted octanol–water partition coefficient (Wildman–Crippen LogP) is 2.78. The van der Waals surface area contributed by atoms with Gasteiger partial charge in [-0.25, -0.2) is 0 Å². The van der Waals surface area contributed by atoms with Gasteiger partial charge in [-0.3, -0.25) is 9.59 Å². The lowest BCUT2D eigenvalue weighted by atomic mass is 10.2. The number of hydrogen-bond acceptors (Lipinski definition) is 6. The SMILES string of the molecule is CCOc1ccc(/C=N/OCC(=O)Nc2ccc(C(=O)N(C)C)cc2)cc1OC. The number of carbonyl (C=O) groups is 2. The molecule has 2 amide bonds. The van der Waals surface area contributed by atoms with Gasteiger partial charge in [0.1, 0.15) is 0 Å². The van der Waals surface area contributed by atoms with E-state index in [1.807, 2.05) is 6.92 Å². The van der Waals surface area contributed by atoms with Crippen LogP contribution in [0.1, 0.15) is 22.8 Å². The number of ether oxygens (including phenoxy) is 2. The fourth-order valence-corrected chi connectivity index (χ4v) is 2.38. The third-order valence-electron chi connectivity index (χ3n) is 3.78. The molecule has 0 aliphatic heterocycles. The Balaban J connectivity index is 1.84. The quantitative estimate of drug-likeness (QED) is 0.517. The van der Waals surface area contributed by atoms with Crippen LogP contribution in [0.2, 0.25) is 0 Å². The van der Waals surface area contributed by atoms with E-state index >= 15 is 0 Å². The highest BCUT2D eigenvalue weighted by Gasteiger charge is 2.08. The monoisotopic (exact) mass is 399 g/mol. The first-order valence-corrected chi connectivity index (χ1v) is 9.02. The van der Waals surface area contributed by atoms with Crippen molar-refractivity contribution in [2.75, 3.05) is 39.7 Å². The summed E-state index contributed by atoms with van der Waals surface area (Å²) in [5, 5.41) is 6.48. The third-order valence-corrected chi connectivity index (χ3v) is 3.78. The number of benzene rings is 2. The van der Waals surface area contributed by atoms with Gasteiger partial charge in [0.25, 0.3) is 11.8 Å². The van der Waals surface area contributed by atoms with E-state index in [2.05, 4.69) is 10.5 Å². The summed E-state index contributed by atoms with van der Waals surface area (Å²) in [6.45, 7) is 2.19. The summed E-state index contributed by atoms with van der Waals surface area (Å²) in [7, 11) is 4.92. The molecule has 2 aromatic rings. The molecule has 0 aliphatic carbocycles. The van der Waals surface area contributed by atoms with Gasteiger partial charge in [-0.2, -0.15) is 0 Å². The summed E-state index contributed by atoms with van der Waals surface area (Å²) < 4.78 is 10.7. The lowest BCUT2D eigenvalue weighted by Crippen LogP contribution is -2.21. The summed E-state index contributed by atoms with van der Waals surface area (Å²) in [4.78, 5) is 30.3. The molecule has 0 saturated carbocycles. The molecule has 0 atom stereocenters. The van der Waals surface area contributed by atoms with Crippen molar-refractivity contribution in [2.24, 2.45) is 5.16 Å². The summed E-state index contributed by atoms with van der Waals surface area (Å²) in [5.74, 6) is 0.764. The Labute approximate surface area is 170 Å². The standard InChI is InChI=1S/C21H25N3O5/c1-5-28-18-11-6-15(12-19(18)27-4)13-22-29-14-20(25)23-17-9-7-16(8-10-17)21(26)24(2)3/h6-13H,5,14H2,1-4H3,(H,23,25)/b22-13+. The van der Waals surface area contributed by atoms with Gasteiger partial charge in [0.2, 0.25) is 0 Å². The molecule has 0 bridgehead atoms. The van der Waals surface area contributed by atoms with E-state index in [0.29, 0.717) is 29.4 Å². The molecule has 2 rings (SSSR count). The lowest BCUT2D eigenvalue weighted by molar-refractivity contribution is -0.120. The second kappa shape index (κ2) is 10.7. The van der Waals surface area contributed by atoms with Gasteiger partial charge in [0.15, 0.2) is 18.1 Å². The van der Waals surface area contributed by atoms with Crippen LogP contribution >= 0.6 is 0 Å². The Morgan fingerprint density at radius 2 is 1.83 bits per heavy atom. The number of carbonyl (C=O) groups excluding carboxylic acids is 2. The van der Waals surface area contributed by atoms with E-state index in [1.165, 1.54) is 11.1 Å². The molecule has 1 N–H and O–H groups in total. The predicted molar refractivity (Wildman–Crippen MR) is 111 cm³/mol. The molecule has 8 nitrogen and oxygen atoms in total. The summed E-state index contributed by atoms with van der Waals surface area (Å²) in [5.41, 5.74) is 1.85. The van der Waals surface area contributed by atoms with Crippen LogP contribution in [0, 0.1) is 0 Å². The fourth-order valence-electron chi connectivity index (χ4n) is 2.38. The van der Waals surface area contributed by atoms with E-state index in [9.17, 15) is 9.59 Å². The number of anilines is 1. The molecule has 0 aromatic heterocycles. The number of oxime groups is 1. The van der Waals surface area contributed by atoms with Crippen LogP contribution in [0.5, 0.6) is 11.5 Å². The van der Waals surface area contributed by atoms with E-state index < -0.39 is 0 Å². The fraction of sp³-hybridized carbons (Fsp3) is 0.286. The molecule has 0 aliphatic rings. The van der Waals surface area contributed by atoms with Crippen molar-refractivity contribution in [3.63, 3.8) is 0 Å². The average molecular weight is 399 g/mol. The van der Waals surface area contributed by atoms with E-state index in [0.717, 1.165) is 5.56 Å². The van der Waals surface area contributed by atoms with Crippen molar-refractivity contribution in [3.8, 4) is 11.5 Å². The van der Waals surface area contributed by atoms with Crippen molar-refractivity contribution >= 4 is 23.7 Å². The number of amides is 2. The molecule has 2 aromatic carbocycles. The van der Waals surface area contributed by atoms with Crippen LogP contribution < -0.4 is 14.8 Å². The van der Waals surface area contributed by atoms with Gasteiger partial charge in [-0.1, -0.05) is 5.16 Å². The van der Waals surface area contributed by atoms with Gasteiger partial charge in [0, 0.05) is 30.9 Å². The first-order chi connectivity index (χ1) is 13.9. The maximum Gasteiger partial charge on any atom is 0.265 e. The largest absolute Gasteiger partial charge is 0.493 e. The van der Waals surface area contributed by atoms with E-state index in [-0.39, 0.29) is 18.4 Å². The minimum Gasteiger partial charge on any atom is -0.493 e. The Bertz CT molecular complexity index is 863. The zero-order chi connectivity index (χ0) is 21.2. The molecule has 0 fully saturated rings. The first-order valence-electron chi connectivity index (χ1n) is 9.02. The molecular formula is C21H25N3O5. The molecule has 0 heterocycles. The average Bonchev–Trinajstić information content (AvgIpc) is 2.72. The van der Waals surface area contributed by atoms with Crippen LogP contribution in [0.3, 0.4) is 0 Å². The summed E-state index contributed by atoms with van der Waals surface area (Å²) in [6, 6.07) is 12.0. The number of hydrogen-bond donors (Lipinski definition) is 1. The van der Waals surface area contributed by atoms with E-state index in [1.54, 1.807) is 63.7 Å². The van der Waals surface area contributed by atoms with Crippen molar-refractivity contribution in [1.82, 2.24) is 4.90 Å². The highest BCUT2D eigenvalue weighted by Crippen LogP contribution is 2.27. The maximum atomic E-state index is 11.9. The highest BCUT2D eigenvalue weighted by molar-refractivity contribution is 5.95. The van der Waals surface area contributed by atoms with E-state index in [4.69, 9.17) is 14.3 Å². The molecule has 0 saturated heterocycles. The van der Waals surface area contributed by atoms with Crippen LogP contribution in [0.4, 0.5) is 5.69 Å². The second-order valence-corrected chi connectivity index (χ2v) is 6.18. The van der Waals surface area contributed by atoms with Gasteiger partial charge in [-0.05, 0) is 49.4 Å². The van der Waals surface area contributed by atoms with Crippen molar-refractivity contribution < 1.29 is 23.9 Å². The summed E-state index contributed by atoms with van der Waals surface area (Å²) in [6.07, 6.45) is 1.48. The van der Waals surface area contributed by atoms with Gasteiger partial charge in [0.05, 0.1) is 19.9 Å². The number of methoxy groups -OCH3 is 1. The number of nitrogens with zero attached hydrogens (tertiary/aromatic N) is 2. The Morgan fingerprint density at radius 3 is 2.45 bits per heavy atom. The Hall–Kier alpha value is -3.55. The topological polar surface area (TPSA) is 89.5 Å². The molecular weight excluding hydrogens is 374 g/mol. The van der Waals surface area contributed by atoms with Crippen LogP contribution in [-0.4, -0.2) is 57.3 Å². The smallest absolute Gasteiger partial charge is 0.265 e. The Morgan fingerprint density at radius 1 is 1.10 bits per heavy atom. The molecule has 0 unspecified atom stereocenters. The van der Waals surface area contributed by atoms with Crippen molar-refractivity contribution in [1.29, 1.82) is 0 Å². The zero-order valence-electron chi connectivity index (χ0n) is 17.0. The molecule has 0 spiro atoms. The van der Waals surface area contributed by atoms with Crippen LogP contribution in [0.15, 0.2) is 47.6 Å². The van der Waals surface area contributed by atoms with Gasteiger partial charge in [-0.15, -0.1) is 0 Å². The maximum absolute atomic E-state index is 11.9. The Kier molecular flexibility index (Phi) is 8.02. The van der Waals surface area contributed by atoms with Gasteiger partial charge >= 0.3 is 0 Å². The van der Waals surface area contributed by atoms with Gasteiger partial charge < -0.3 is 24.5 Å². The third kappa shape index (κ3) is 6.53. The molecule has 29 heavy (non-hydrogen) atoms.